The highest BCUT2D eigenvalue weighted by Crippen LogP contribution is 2.41. The molecule has 1 aromatic carbocycles. The molecule has 0 spiro atoms. The summed E-state index contributed by atoms with van der Waals surface area (Å²) in [6.45, 7) is 4.64. The summed E-state index contributed by atoms with van der Waals surface area (Å²) < 4.78 is 1.90. The van der Waals surface area contributed by atoms with E-state index in [1.165, 1.54) is 12.8 Å². The quantitative estimate of drug-likeness (QED) is 0.507. The summed E-state index contributed by atoms with van der Waals surface area (Å²) in [5, 5.41) is 12.5. The summed E-state index contributed by atoms with van der Waals surface area (Å²) in [7, 11) is 1.81. The van der Waals surface area contributed by atoms with Gasteiger partial charge in [-0.1, -0.05) is 11.6 Å². The lowest BCUT2D eigenvalue weighted by molar-refractivity contribution is 0.100. The van der Waals surface area contributed by atoms with E-state index in [-0.39, 0.29) is 17.5 Å². The van der Waals surface area contributed by atoms with Gasteiger partial charge in [-0.2, -0.15) is 5.10 Å². The first-order valence-electron chi connectivity index (χ1n) is 11.4. The predicted molar refractivity (Wildman–Crippen MR) is 130 cm³/mol. The molecule has 172 valence electrons. The van der Waals surface area contributed by atoms with Crippen LogP contribution in [0.4, 0.5) is 11.5 Å². The van der Waals surface area contributed by atoms with Crippen LogP contribution in [0.3, 0.4) is 0 Å². The number of primary amides is 1. The van der Waals surface area contributed by atoms with Gasteiger partial charge in [0.2, 0.25) is 0 Å². The fraction of sp³-hybridized carbons (Fsp3) is 0.542. The normalized spacial score (nSPS) is 24.1. The van der Waals surface area contributed by atoms with E-state index in [0.717, 1.165) is 30.9 Å². The average molecular weight is 457 g/mol. The molecule has 8 heteroatoms. The molecule has 4 rings (SSSR count). The molecular formula is C24H33ClN6O. The highest BCUT2D eigenvalue weighted by Gasteiger charge is 2.41. The number of benzene rings is 1. The molecule has 1 unspecified atom stereocenters. The smallest absolute Gasteiger partial charge is 0.254 e. The Balaban J connectivity index is 1.53. The molecular weight excluding hydrogens is 424 g/mol. The van der Waals surface area contributed by atoms with Gasteiger partial charge >= 0.3 is 0 Å². The lowest BCUT2D eigenvalue weighted by atomic mass is 9.81. The number of rotatable bonds is 8. The number of carbonyl (C=O) groups is 1. The van der Waals surface area contributed by atoms with E-state index >= 15 is 0 Å². The van der Waals surface area contributed by atoms with Gasteiger partial charge in [0.25, 0.3) is 5.91 Å². The maximum Gasteiger partial charge on any atom is 0.254 e. The third kappa shape index (κ3) is 5.15. The van der Waals surface area contributed by atoms with Crippen LogP contribution in [0.5, 0.6) is 0 Å². The molecule has 0 saturated heterocycles. The minimum absolute atomic E-state index is 0.125. The average Bonchev–Trinajstić information content (AvgIpc) is 3.52. The lowest BCUT2D eigenvalue weighted by Gasteiger charge is -2.39. The zero-order valence-corrected chi connectivity index (χ0v) is 19.8. The molecule has 4 N–H and O–H groups in total. The van der Waals surface area contributed by atoms with Gasteiger partial charge < -0.3 is 21.4 Å². The van der Waals surface area contributed by atoms with Crippen molar-refractivity contribution >= 4 is 35.2 Å². The van der Waals surface area contributed by atoms with Gasteiger partial charge in [-0.25, -0.2) is 0 Å². The molecule has 0 aliphatic heterocycles. The molecule has 1 heterocycles. The standard InChI is InChI=1S/C24H33ClN6O/c1-24(2,16-4-5-16)29-19-10-11-21(15(12-19)13-27-3)31-14-20(22(26)32)23(30-31)28-18-8-6-17(25)7-9-18/h6-9,13-16,19,21,29H,4-5,10-12H2,1-3H3,(H2,26,32)(H,28,30)/t15-,19-,21?/m1/s1. The lowest BCUT2D eigenvalue weighted by Crippen LogP contribution is -2.50. The van der Waals surface area contributed by atoms with Crippen molar-refractivity contribution in [2.24, 2.45) is 22.6 Å². The van der Waals surface area contributed by atoms with E-state index in [9.17, 15) is 4.79 Å². The molecule has 32 heavy (non-hydrogen) atoms. The number of amides is 1. The van der Waals surface area contributed by atoms with Crippen molar-refractivity contribution in [3.8, 4) is 0 Å². The monoisotopic (exact) mass is 456 g/mol. The first-order chi connectivity index (χ1) is 15.3. The Labute approximate surface area is 194 Å². The molecule has 1 amide bonds. The van der Waals surface area contributed by atoms with Gasteiger partial charge in [-0.3, -0.25) is 9.48 Å². The Morgan fingerprint density at radius 1 is 1.25 bits per heavy atom. The van der Waals surface area contributed by atoms with E-state index in [0.29, 0.717) is 22.4 Å². The number of hydrogen-bond donors (Lipinski definition) is 3. The fourth-order valence-electron chi connectivity index (χ4n) is 4.95. The van der Waals surface area contributed by atoms with Gasteiger partial charge in [-0.05, 0) is 76.1 Å². The Morgan fingerprint density at radius 2 is 1.97 bits per heavy atom. The predicted octanol–water partition coefficient (Wildman–Crippen LogP) is 4.57. The van der Waals surface area contributed by atoms with Crippen LogP contribution in [-0.2, 0) is 0 Å². The molecule has 2 aliphatic carbocycles. The summed E-state index contributed by atoms with van der Waals surface area (Å²) in [6.07, 6.45) is 9.44. The summed E-state index contributed by atoms with van der Waals surface area (Å²) in [4.78, 5) is 16.5. The van der Waals surface area contributed by atoms with Crippen molar-refractivity contribution in [3.63, 3.8) is 0 Å². The molecule has 0 bridgehead atoms. The van der Waals surface area contributed by atoms with E-state index in [4.69, 9.17) is 22.4 Å². The fourth-order valence-corrected chi connectivity index (χ4v) is 5.08. The van der Waals surface area contributed by atoms with Crippen LogP contribution in [0.25, 0.3) is 0 Å². The van der Waals surface area contributed by atoms with Gasteiger partial charge in [0.05, 0.1) is 6.04 Å². The van der Waals surface area contributed by atoms with Crippen LogP contribution in [0.2, 0.25) is 5.02 Å². The number of anilines is 2. The number of aliphatic imine (C=N–C) groups is 1. The van der Waals surface area contributed by atoms with Crippen molar-refractivity contribution in [3.05, 3.63) is 41.0 Å². The third-order valence-corrected chi connectivity index (χ3v) is 7.07. The second-order valence-corrected chi connectivity index (χ2v) is 10.1. The van der Waals surface area contributed by atoms with Gasteiger partial charge in [0.1, 0.15) is 5.56 Å². The van der Waals surface area contributed by atoms with Crippen LogP contribution in [0.15, 0.2) is 35.5 Å². The van der Waals surface area contributed by atoms with E-state index < -0.39 is 5.91 Å². The summed E-state index contributed by atoms with van der Waals surface area (Å²) >= 11 is 5.98. The molecule has 2 aliphatic rings. The molecule has 7 nitrogen and oxygen atoms in total. The molecule has 1 aromatic heterocycles. The molecule has 0 radical (unpaired) electrons. The van der Waals surface area contributed by atoms with E-state index in [1.807, 2.05) is 30.1 Å². The number of nitrogens with one attached hydrogen (secondary N) is 2. The molecule has 3 atom stereocenters. The maximum atomic E-state index is 12.1. The van der Waals surface area contributed by atoms with Crippen LogP contribution < -0.4 is 16.4 Å². The van der Waals surface area contributed by atoms with Gasteiger partial charge in [0, 0.05) is 47.7 Å². The topological polar surface area (TPSA) is 97.3 Å². The van der Waals surface area contributed by atoms with Crippen molar-refractivity contribution < 1.29 is 4.79 Å². The second-order valence-electron chi connectivity index (χ2n) is 9.66. The highest BCUT2D eigenvalue weighted by molar-refractivity contribution is 6.30. The maximum absolute atomic E-state index is 12.1. The van der Waals surface area contributed by atoms with Crippen molar-refractivity contribution in [2.75, 3.05) is 12.4 Å². The summed E-state index contributed by atoms with van der Waals surface area (Å²) in [5.74, 6) is 0.964. The second kappa shape index (κ2) is 9.24. The summed E-state index contributed by atoms with van der Waals surface area (Å²) in [5.41, 5.74) is 7.01. The number of nitrogens with two attached hydrogens (primary N) is 1. The minimum atomic E-state index is -0.505. The first-order valence-corrected chi connectivity index (χ1v) is 11.8. The number of aromatic nitrogens is 2. The molecule has 2 saturated carbocycles. The van der Waals surface area contributed by atoms with Crippen LogP contribution in [-0.4, -0.2) is 40.5 Å². The zero-order chi connectivity index (χ0) is 22.9. The Bertz CT molecular complexity index is 979. The minimum Gasteiger partial charge on any atom is -0.365 e. The zero-order valence-electron chi connectivity index (χ0n) is 19.0. The largest absolute Gasteiger partial charge is 0.365 e. The highest BCUT2D eigenvalue weighted by atomic mass is 35.5. The molecule has 2 fully saturated rings. The third-order valence-electron chi connectivity index (χ3n) is 6.82. The van der Waals surface area contributed by atoms with E-state index in [1.54, 1.807) is 18.3 Å². The first kappa shape index (κ1) is 22.8. The number of carbonyl (C=O) groups excluding carboxylic acids is 1. The number of nitrogens with zero attached hydrogens (tertiary/aromatic N) is 3. The van der Waals surface area contributed by atoms with E-state index in [2.05, 4.69) is 29.5 Å². The van der Waals surface area contributed by atoms with Crippen LogP contribution >= 0.6 is 11.6 Å². The summed E-state index contributed by atoms with van der Waals surface area (Å²) in [6, 6.07) is 7.84. The number of hydrogen-bond acceptors (Lipinski definition) is 5. The van der Waals surface area contributed by atoms with Crippen molar-refractivity contribution in [1.29, 1.82) is 0 Å². The Morgan fingerprint density at radius 3 is 2.59 bits per heavy atom. The van der Waals surface area contributed by atoms with Crippen LogP contribution in [0.1, 0.15) is 62.4 Å². The SMILES string of the molecule is CN=C[C@H]1C[C@H](NC(C)(C)C2CC2)CCC1n1cc(C(N)=O)c(Nc2ccc(Cl)cc2)n1. The number of halogens is 1. The Hall–Kier alpha value is -2.38. The van der Waals surface area contributed by atoms with Gasteiger partial charge in [0.15, 0.2) is 5.82 Å². The van der Waals surface area contributed by atoms with Crippen molar-refractivity contribution in [2.45, 2.75) is 63.6 Å². The van der Waals surface area contributed by atoms with Crippen molar-refractivity contribution in [1.82, 2.24) is 15.1 Å². The Kier molecular flexibility index (Phi) is 6.58. The molecule has 2 aromatic rings. The van der Waals surface area contributed by atoms with Crippen LogP contribution in [0, 0.1) is 11.8 Å². The van der Waals surface area contributed by atoms with Gasteiger partial charge in [-0.15, -0.1) is 0 Å².